The van der Waals surface area contributed by atoms with Gasteiger partial charge >= 0.3 is 0 Å². The molecule has 0 saturated carbocycles. The number of aryl methyl sites for hydroxylation is 1. The van der Waals surface area contributed by atoms with E-state index in [9.17, 15) is 22.4 Å². The Balaban J connectivity index is 2.04. The SMILES string of the molecule is CCCCNC(=O)[C@@H](CC)N(Cc1ccccc1C)C(=O)CN(c1ccccc1F)S(=O)(=O)c1ccccc1. The first kappa shape index (κ1) is 29.8. The van der Waals surface area contributed by atoms with E-state index in [0.29, 0.717) is 13.0 Å². The van der Waals surface area contributed by atoms with Gasteiger partial charge in [-0.25, -0.2) is 12.8 Å². The summed E-state index contributed by atoms with van der Waals surface area (Å²) in [6.07, 6.45) is 2.02. The van der Waals surface area contributed by atoms with Crippen LogP contribution >= 0.6 is 0 Å². The van der Waals surface area contributed by atoms with Crippen molar-refractivity contribution in [3.05, 3.63) is 95.8 Å². The van der Waals surface area contributed by atoms with Crippen LogP contribution in [0.15, 0.2) is 83.8 Å². The number of carbonyl (C=O) groups excluding carboxylic acids is 2. The van der Waals surface area contributed by atoms with E-state index in [-0.39, 0.29) is 23.0 Å². The van der Waals surface area contributed by atoms with E-state index >= 15 is 0 Å². The van der Waals surface area contributed by atoms with Crippen LogP contribution in [-0.4, -0.2) is 44.3 Å². The minimum atomic E-state index is -4.31. The van der Waals surface area contributed by atoms with Crippen molar-refractivity contribution in [1.29, 1.82) is 0 Å². The van der Waals surface area contributed by atoms with E-state index < -0.39 is 34.3 Å². The molecule has 1 atom stereocenters. The summed E-state index contributed by atoms with van der Waals surface area (Å²) >= 11 is 0. The topological polar surface area (TPSA) is 86.8 Å². The second-order valence-electron chi connectivity index (χ2n) is 9.29. The van der Waals surface area contributed by atoms with Crippen LogP contribution in [-0.2, 0) is 26.2 Å². The maximum atomic E-state index is 15.0. The fourth-order valence-corrected chi connectivity index (χ4v) is 5.73. The van der Waals surface area contributed by atoms with Gasteiger partial charge in [0.1, 0.15) is 18.4 Å². The molecule has 7 nitrogen and oxygen atoms in total. The molecule has 0 bridgehead atoms. The number of sulfonamides is 1. The molecule has 0 spiro atoms. The van der Waals surface area contributed by atoms with Crippen LogP contribution in [0.25, 0.3) is 0 Å². The number of rotatable bonds is 13. The molecule has 0 radical (unpaired) electrons. The van der Waals surface area contributed by atoms with Crippen molar-refractivity contribution in [2.75, 3.05) is 17.4 Å². The van der Waals surface area contributed by atoms with Gasteiger partial charge in [0.2, 0.25) is 11.8 Å². The lowest BCUT2D eigenvalue weighted by atomic mass is 10.1. The summed E-state index contributed by atoms with van der Waals surface area (Å²) in [7, 11) is -4.31. The molecule has 39 heavy (non-hydrogen) atoms. The number of hydrogen-bond acceptors (Lipinski definition) is 4. The summed E-state index contributed by atoms with van der Waals surface area (Å²) in [5.74, 6) is -1.70. The van der Waals surface area contributed by atoms with Gasteiger partial charge in [0.15, 0.2) is 0 Å². The highest BCUT2D eigenvalue weighted by molar-refractivity contribution is 7.92. The number of nitrogens with zero attached hydrogens (tertiary/aromatic N) is 2. The number of amides is 2. The number of benzene rings is 3. The Morgan fingerprint density at radius 1 is 0.923 bits per heavy atom. The first-order valence-electron chi connectivity index (χ1n) is 13.1. The number of halogens is 1. The van der Waals surface area contributed by atoms with Crippen LogP contribution in [0.1, 0.15) is 44.2 Å². The summed E-state index contributed by atoms with van der Waals surface area (Å²) in [5, 5.41) is 2.90. The molecule has 0 aromatic heterocycles. The molecule has 1 N–H and O–H groups in total. The highest BCUT2D eigenvalue weighted by atomic mass is 32.2. The third kappa shape index (κ3) is 7.44. The monoisotopic (exact) mass is 553 g/mol. The lowest BCUT2D eigenvalue weighted by Gasteiger charge is -2.33. The second kappa shape index (κ2) is 13.9. The quantitative estimate of drug-likeness (QED) is 0.300. The van der Waals surface area contributed by atoms with Gasteiger partial charge in [-0.05, 0) is 55.2 Å². The van der Waals surface area contributed by atoms with Crippen molar-refractivity contribution in [1.82, 2.24) is 10.2 Å². The molecule has 0 aliphatic heterocycles. The van der Waals surface area contributed by atoms with Crippen molar-refractivity contribution in [2.24, 2.45) is 0 Å². The number of carbonyl (C=O) groups is 2. The molecule has 208 valence electrons. The van der Waals surface area contributed by atoms with Crippen LogP contribution in [0.4, 0.5) is 10.1 Å². The molecule has 0 unspecified atom stereocenters. The first-order chi connectivity index (χ1) is 18.7. The zero-order valence-corrected chi connectivity index (χ0v) is 23.5. The Morgan fingerprint density at radius 3 is 2.21 bits per heavy atom. The Hall–Kier alpha value is -3.72. The summed E-state index contributed by atoms with van der Waals surface area (Å²) in [6.45, 7) is 5.62. The first-order valence-corrected chi connectivity index (χ1v) is 14.6. The van der Waals surface area contributed by atoms with Crippen molar-refractivity contribution >= 4 is 27.5 Å². The minimum absolute atomic E-state index is 0.0733. The molecular formula is C30H36FN3O4S. The number of hydrogen-bond donors (Lipinski definition) is 1. The van der Waals surface area contributed by atoms with E-state index in [2.05, 4.69) is 5.32 Å². The summed E-state index contributed by atoms with van der Waals surface area (Å²) in [4.78, 5) is 28.5. The molecule has 3 aromatic rings. The predicted octanol–water partition coefficient (Wildman–Crippen LogP) is 5.05. The second-order valence-corrected chi connectivity index (χ2v) is 11.2. The van der Waals surface area contributed by atoms with Gasteiger partial charge in [0.25, 0.3) is 10.0 Å². The zero-order chi connectivity index (χ0) is 28.4. The van der Waals surface area contributed by atoms with Crippen molar-refractivity contribution in [2.45, 2.75) is 57.5 Å². The molecular weight excluding hydrogens is 517 g/mol. The normalized spacial score (nSPS) is 12.0. The lowest BCUT2D eigenvalue weighted by Crippen LogP contribution is -2.52. The van der Waals surface area contributed by atoms with Crippen LogP contribution in [0, 0.1) is 12.7 Å². The Bertz CT molecular complexity index is 1370. The van der Waals surface area contributed by atoms with E-state index in [1.165, 1.54) is 35.2 Å². The standard InChI is InChI=1S/C30H36FN3O4S/c1-4-6-20-32-30(36)27(5-2)33(21-24-15-11-10-14-23(24)3)29(35)22-34(28-19-13-12-18-26(28)31)39(37,38)25-16-8-7-9-17-25/h7-19,27H,4-6,20-22H2,1-3H3,(H,32,36)/t27-/m1/s1. The molecule has 0 heterocycles. The Morgan fingerprint density at radius 2 is 1.56 bits per heavy atom. The smallest absolute Gasteiger partial charge is 0.264 e. The van der Waals surface area contributed by atoms with Crippen LogP contribution in [0.2, 0.25) is 0 Å². The molecule has 2 amide bonds. The van der Waals surface area contributed by atoms with Gasteiger partial charge < -0.3 is 10.2 Å². The van der Waals surface area contributed by atoms with Crippen LogP contribution in [0.3, 0.4) is 0 Å². The van der Waals surface area contributed by atoms with Gasteiger partial charge in [-0.15, -0.1) is 0 Å². The van der Waals surface area contributed by atoms with Gasteiger partial charge in [0, 0.05) is 13.1 Å². The third-order valence-corrected chi connectivity index (χ3v) is 8.32. The lowest BCUT2D eigenvalue weighted by molar-refractivity contribution is -0.140. The highest BCUT2D eigenvalue weighted by Crippen LogP contribution is 2.27. The maximum Gasteiger partial charge on any atom is 0.264 e. The van der Waals surface area contributed by atoms with Crippen LogP contribution < -0.4 is 9.62 Å². The molecule has 3 aromatic carbocycles. The fourth-order valence-electron chi connectivity index (χ4n) is 4.28. The van der Waals surface area contributed by atoms with Gasteiger partial charge in [-0.2, -0.15) is 0 Å². The fraction of sp³-hybridized carbons (Fsp3) is 0.333. The van der Waals surface area contributed by atoms with E-state index in [0.717, 1.165) is 34.3 Å². The van der Waals surface area contributed by atoms with E-state index in [4.69, 9.17) is 0 Å². The molecule has 0 aliphatic rings. The van der Waals surface area contributed by atoms with Crippen LogP contribution in [0.5, 0.6) is 0 Å². The number of anilines is 1. The number of para-hydroxylation sites is 1. The Labute approximate surface area is 230 Å². The predicted molar refractivity (Wildman–Crippen MR) is 151 cm³/mol. The van der Waals surface area contributed by atoms with E-state index in [1.54, 1.807) is 25.1 Å². The number of unbranched alkanes of at least 4 members (excludes halogenated alkanes) is 1. The van der Waals surface area contributed by atoms with Gasteiger partial charge in [-0.3, -0.25) is 13.9 Å². The zero-order valence-electron chi connectivity index (χ0n) is 22.6. The molecule has 0 aliphatic carbocycles. The third-order valence-electron chi connectivity index (χ3n) is 6.55. The van der Waals surface area contributed by atoms with Gasteiger partial charge in [0.05, 0.1) is 10.6 Å². The average molecular weight is 554 g/mol. The summed E-state index contributed by atoms with van der Waals surface area (Å²) < 4.78 is 43.2. The van der Waals surface area contributed by atoms with Crippen molar-refractivity contribution in [3.8, 4) is 0 Å². The molecule has 3 rings (SSSR count). The molecule has 0 fully saturated rings. The minimum Gasteiger partial charge on any atom is -0.354 e. The number of nitrogens with one attached hydrogen (secondary N) is 1. The van der Waals surface area contributed by atoms with Crippen molar-refractivity contribution in [3.63, 3.8) is 0 Å². The Kier molecular flexibility index (Phi) is 10.6. The largest absolute Gasteiger partial charge is 0.354 e. The summed E-state index contributed by atoms with van der Waals surface area (Å²) in [6, 6.07) is 19.7. The average Bonchev–Trinajstić information content (AvgIpc) is 2.93. The molecule has 0 saturated heterocycles. The highest BCUT2D eigenvalue weighted by Gasteiger charge is 2.34. The maximum absolute atomic E-state index is 15.0. The van der Waals surface area contributed by atoms with Gasteiger partial charge in [-0.1, -0.05) is 74.9 Å². The summed E-state index contributed by atoms with van der Waals surface area (Å²) in [5.41, 5.74) is 1.51. The van der Waals surface area contributed by atoms with Crippen molar-refractivity contribution < 1.29 is 22.4 Å². The molecule has 9 heteroatoms. The van der Waals surface area contributed by atoms with E-state index in [1.807, 2.05) is 38.1 Å².